The van der Waals surface area contributed by atoms with E-state index in [1.54, 1.807) is 6.33 Å². The Morgan fingerprint density at radius 2 is 2.05 bits per heavy atom. The Morgan fingerprint density at radius 3 is 2.84 bits per heavy atom. The number of pyridine rings is 1. The van der Waals surface area contributed by atoms with Gasteiger partial charge in [-0.2, -0.15) is 0 Å². The van der Waals surface area contributed by atoms with Crippen molar-refractivity contribution < 1.29 is 0 Å². The van der Waals surface area contributed by atoms with E-state index in [4.69, 9.17) is 0 Å². The van der Waals surface area contributed by atoms with Crippen LogP contribution in [0, 0.1) is 0 Å². The predicted octanol–water partition coefficient (Wildman–Crippen LogP) is 3.68. The number of rotatable bonds is 3. The van der Waals surface area contributed by atoms with Gasteiger partial charge in [-0.05, 0) is 35.3 Å². The number of nitrogens with zero attached hydrogens (tertiary/aromatic N) is 3. The van der Waals surface area contributed by atoms with E-state index in [-0.39, 0.29) is 0 Å². The van der Waals surface area contributed by atoms with E-state index in [2.05, 4.69) is 53.5 Å². The molecule has 0 amide bonds. The molecule has 0 saturated carbocycles. The van der Waals surface area contributed by atoms with Gasteiger partial charge in [0.25, 0.3) is 0 Å². The van der Waals surface area contributed by atoms with Gasteiger partial charge < -0.3 is 0 Å². The standard InChI is InChI=1S/C16H15N3/c1-2-14(15-6-4-3-5-7-15)10-13-8-9-19-12-17-18-16(19)11-13/h3-12H,2H2,1H3/b14-10+. The number of hydrogen-bond acceptors (Lipinski definition) is 2. The minimum Gasteiger partial charge on any atom is -0.289 e. The molecule has 1 aromatic carbocycles. The van der Waals surface area contributed by atoms with Crippen molar-refractivity contribution in [3.63, 3.8) is 0 Å². The molecule has 0 spiro atoms. The van der Waals surface area contributed by atoms with Crippen LogP contribution >= 0.6 is 0 Å². The highest BCUT2D eigenvalue weighted by atomic mass is 15.2. The molecule has 94 valence electrons. The van der Waals surface area contributed by atoms with Gasteiger partial charge >= 0.3 is 0 Å². The van der Waals surface area contributed by atoms with E-state index < -0.39 is 0 Å². The molecule has 0 aliphatic rings. The van der Waals surface area contributed by atoms with E-state index in [9.17, 15) is 0 Å². The molecule has 0 bridgehead atoms. The van der Waals surface area contributed by atoms with E-state index in [0.29, 0.717) is 0 Å². The van der Waals surface area contributed by atoms with Crippen LogP contribution in [0.5, 0.6) is 0 Å². The zero-order chi connectivity index (χ0) is 13.1. The fraction of sp³-hybridized carbons (Fsp3) is 0.125. The number of allylic oxidation sites excluding steroid dienone is 1. The highest BCUT2D eigenvalue weighted by Crippen LogP contribution is 2.21. The first-order chi connectivity index (χ1) is 9.36. The van der Waals surface area contributed by atoms with Crippen LogP contribution in [0.3, 0.4) is 0 Å². The van der Waals surface area contributed by atoms with E-state index >= 15 is 0 Å². The van der Waals surface area contributed by atoms with Crippen molar-refractivity contribution in [3.8, 4) is 0 Å². The topological polar surface area (TPSA) is 30.2 Å². The molecule has 3 heteroatoms. The lowest BCUT2D eigenvalue weighted by Crippen LogP contribution is -1.86. The summed E-state index contributed by atoms with van der Waals surface area (Å²) in [6, 6.07) is 14.6. The Kier molecular flexibility index (Phi) is 3.11. The Bertz CT molecular complexity index is 711. The molecule has 3 nitrogen and oxygen atoms in total. The summed E-state index contributed by atoms with van der Waals surface area (Å²) in [5.74, 6) is 0. The molecule has 0 unspecified atom stereocenters. The summed E-state index contributed by atoms with van der Waals surface area (Å²) in [5, 5.41) is 7.96. The number of fused-ring (bicyclic) bond motifs is 1. The Hall–Kier alpha value is -2.42. The zero-order valence-electron chi connectivity index (χ0n) is 10.8. The second-order valence-corrected chi connectivity index (χ2v) is 4.45. The largest absolute Gasteiger partial charge is 0.289 e. The quantitative estimate of drug-likeness (QED) is 0.708. The fourth-order valence-electron chi connectivity index (χ4n) is 2.17. The minimum atomic E-state index is 0.872. The van der Waals surface area contributed by atoms with Crippen molar-refractivity contribution in [2.75, 3.05) is 0 Å². The van der Waals surface area contributed by atoms with Gasteiger partial charge in [-0.1, -0.05) is 43.3 Å². The van der Waals surface area contributed by atoms with Gasteiger partial charge in [0.05, 0.1) is 0 Å². The fourth-order valence-corrected chi connectivity index (χ4v) is 2.17. The monoisotopic (exact) mass is 249 g/mol. The molecule has 3 aromatic rings. The third-order valence-electron chi connectivity index (χ3n) is 3.19. The molecule has 0 saturated heterocycles. The van der Waals surface area contributed by atoms with Crippen molar-refractivity contribution in [1.82, 2.24) is 14.6 Å². The van der Waals surface area contributed by atoms with Gasteiger partial charge in [0.2, 0.25) is 0 Å². The van der Waals surface area contributed by atoms with Gasteiger partial charge in [-0.3, -0.25) is 4.40 Å². The zero-order valence-corrected chi connectivity index (χ0v) is 10.8. The van der Waals surface area contributed by atoms with E-state index in [1.807, 2.05) is 22.7 Å². The molecule has 19 heavy (non-hydrogen) atoms. The Morgan fingerprint density at radius 1 is 1.21 bits per heavy atom. The summed E-state index contributed by atoms with van der Waals surface area (Å²) in [6.07, 6.45) is 6.91. The molecule has 2 heterocycles. The normalized spacial score (nSPS) is 11.9. The number of hydrogen-bond donors (Lipinski definition) is 0. The van der Waals surface area contributed by atoms with Crippen LogP contribution in [0.15, 0.2) is 55.0 Å². The van der Waals surface area contributed by atoms with Gasteiger partial charge in [-0.15, -0.1) is 10.2 Å². The molecule has 0 fully saturated rings. The molecule has 0 atom stereocenters. The van der Waals surface area contributed by atoms with Crippen LogP contribution in [0.2, 0.25) is 0 Å². The van der Waals surface area contributed by atoms with Crippen molar-refractivity contribution in [1.29, 1.82) is 0 Å². The predicted molar refractivity (Wildman–Crippen MR) is 77.6 cm³/mol. The SMILES string of the molecule is CC/C(=C\c1ccn2cnnc2c1)c1ccccc1. The van der Waals surface area contributed by atoms with Crippen LogP contribution in [-0.2, 0) is 0 Å². The Labute approximate surface area is 112 Å². The van der Waals surface area contributed by atoms with Crippen molar-refractivity contribution in [2.24, 2.45) is 0 Å². The Balaban J connectivity index is 2.02. The molecule has 2 aromatic heterocycles. The number of aromatic nitrogens is 3. The lowest BCUT2D eigenvalue weighted by molar-refractivity contribution is 1.10. The maximum Gasteiger partial charge on any atom is 0.161 e. The van der Waals surface area contributed by atoms with Gasteiger partial charge in [0.1, 0.15) is 6.33 Å². The lowest BCUT2D eigenvalue weighted by atomic mass is 10.0. The van der Waals surface area contributed by atoms with Crippen molar-refractivity contribution >= 4 is 17.3 Å². The molecule has 0 radical (unpaired) electrons. The average Bonchev–Trinajstić information content (AvgIpc) is 2.93. The smallest absolute Gasteiger partial charge is 0.161 e. The van der Waals surface area contributed by atoms with Crippen molar-refractivity contribution in [2.45, 2.75) is 13.3 Å². The van der Waals surface area contributed by atoms with Gasteiger partial charge in [-0.25, -0.2) is 0 Å². The maximum absolute atomic E-state index is 4.07. The second-order valence-electron chi connectivity index (χ2n) is 4.45. The summed E-state index contributed by atoms with van der Waals surface area (Å²) in [4.78, 5) is 0. The summed E-state index contributed by atoms with van der Waals surface area (Å²) in [5.41, 5.74) is 4.62. The van der Waals surface area contributed by atoms with Crippen LogP contribution < -0.4 is 0 Å². The molecule has 0 aliphatic heterocycles. The first-order valence-electron chi connectivity index (χ1n) is 6.42. The highest BCUT2D eigenvalue weighted by Gasteiger charge is 2.00. The van der Waals surface area contributed by atoms with Crippen LogP contribution in [0.25, 0.3) is 17.3 Å². The first-order valence-corrected chi connectivity index (χ1v) is 6.42. The van der Waals surface area contributed by atoms with Gasteiger partial charge in [0, 0.05) is 6.20 Å². The van der Waals surface area contributed by atoms with Gasteiger partial charge in [0.15, 0.2) is 5.65 Å². The lowest BCUT2D eigenvalue weighted by Gasteiger charge is -2.05. The molecular formula is C16H15N3. The third-order valence-corrected chi connectivity index (χ3v) is 3.19. The second kappa shape index (κ2) is 5.06. The van der Waals surface area contributed by atoms with Crippen LogP contribution in [-0.4, -0.2) is 14.6 Å². The molecular weight excluding hydrogens is 234 g/mol. The molecule has 3 rings (SSSR count). The van der Waals surface area contributed by atoms with Crippen LogP contribution in [0.1, 0.15) is 24.5 Å². The van der Waals surface area contributed by atoms with Crippen LogP contribution in [0.4, 0.5) is 0 Å². The average molecular weight is 249 g/mol. The summed E-state index contributed by atoms with van der Waals surface area (Å²) >= 11 is 0. The summed E-state index contributed by atoms with van der Waals surface area (Å²) < 4.78 is 1.91. The minimum absolute atomic E-state index is 0.872. The summed E-state index contributed by atoms with van der Waals surface area (Å²) in [7, 11) is 0. The first kappa shape index (κ1) is 11.7. The number of benzene rings is 1. The maximum atomic E-state index is 4.07. The van der Waals surface area contributed by atoms with E-state index in [1.165, 1.54) is 11.1 Å². The third kappa shape index (κ3) is 2.40. The van der Waals surface area contributed by atoms with Crippen molar-refractivity contribution in [3.05, 3.63) is 66.1 Å². The van der Waals surface area contributed by atoms with E-state index in [0.717, 1.165) is 17.6 Å². The summed E-state index contributed by atoms with van der Waals surface area (Å²) in [6.45, 7) is 2.18. The molecule has 0 N–H and O–H groups in total. The molecule has 0 aliphatic carbocycles. The highest BCUT2D eigenvalue weighted by molar-refractivity contribution is 5.81.